The van der Waals surface area contributed by atoms with Gasteiger partial charge in [-0.2, -0.15) is 0 Å². The van der Waals surface area contributed by atoms with Crippen molar-refractivity contribution in [1.82, 2.24) is 20.1 Å². The highest BCUT2D eigenvalue weighted by atomic mass is 19.1. The lowest BCUT2D eigenvalue weighted by atomic mass is 10.2. The summed E-state index contributed by atoms with van der Waals surface area (Å²) in [7, 11) is 0. The van der Waals surface area contributed by atoms with Crippen LogP contribution in [-0.4, -0.2) is 72.7 Å². The second-order valence-corrected chi connectivity index (χ2v) is 7.77. The van der Waals surface area contributed by atoms with Crippen molar-refractivity contribution in [3.8, 4) is 11.6 Å². The van der Waals surface area contributed by atoms with Gasteiger partial charge in [-0.3, -0.25) is 4.90 Å². The van der Waals surface area contributed by atoms with E-state index >= 15 is 0 Å². The SMILES string of the molecule is CCNC(=NCc1ccnc(Oc2ccc(F)cc2)c1)N1CCC(N2CCOCC2)C1. The van der Waals surface area contributed by atoms with Crippen molar-refractivity contribution in [2.75, 3.05) is 45.9 Å². The number of halogens is 1. The van der Waals surface area contributed by atoms with Gasteiger partial charge in [0.05, 0.1) is 19.8 Å². The molecule has 3 heterocycles. The van der Waals surface area contributed by atoms with Crippen LogP contribution in [0.4, 0.5) is 4.39 Å². The van der Waals surface area contributed by atoms with Crippen molar-refractivity contribution in [2.45, 2.75) is 25.9 Å². The minimum atomic E-state index is -0.294. The van der Waals surface area contributed by atoms with Crippen LogP contribution in [0.25, 0.3) is 0 Å². The number of hydrogen-bond acceptors (Lipinski definition) is 5. The Morgan fingerprint density at radius 1 is 1.23 bits per heavy atom. The number of aliphatic imine (C=N–C) groups is 1. The molecular formula is C23H30FN5O2. The summed E-state index contributed by atoms with van der Waals surface area (Å²) in [5.74, 6) is 1.67. The first-order valence-corrected chi connectivity index (χ1v) is 10.9. The molecule has 0 radical (unpaired) electrons. The number of nitrogens with one attached hydrogen (secondary N) is 1. The third-order valence-electron chi connectivity index (χ3n) is 5.61. The standard InChI is InChI=1S/C23H30FN5O2/c1-2-25-23(29-10-8-20(17-29)28-11-13-30-14-12-28)27-16-18-7-9-26-22(15-18)31-21-5-3-19(24)4-6-21/h3-7,9,15,20H,2,8,10-14,16-17H2,1H3,(H,25,27). The normalized spacial score (nSPS) is 20.1. The molecule has 31 heavy (non-hydrogen) atoms. The number of hydrogen-bond donors (Lipinski definition) is 1. The Morgan fingerprint density at radius 2 is 2.03 bits per heavy atom. The Hall–Kier alpha value is -2.71. The molecule has 2 aliphatic rings. The molecule has 1 aromatic carbocycles. The Bertz CT molecular complexity index is 871. The summed E-state index contributed by atoms with van der Waals surface area (Å²) in [5.41, 5.74) is 1.01. The van der Waals surface area contributed by atoms with E-state index < -0.39 is 0 Å². The number of aromatic nitrogens is 1. The van der Waals surface area contributed by atoms with Gasteiger partial charge in [0, 0.05) is 51.0 Å². The number of likely N-dealkylation sites (tertiary alicyclic amines) is 1. The molecule has 2 fully saturated rings. The largest absolute Gasteiger partial charge is 0.439 e. The van der Waals surface area contributed by atoms with Gasteiger partial charge in [0.15, 0.2) is 5.96 Å². The molecule has 2 saturated heterocycles. The van der Waals surface area contributed by atoms with Gasteiger partial charge in [-0.05, 0) is 49.2 Å². The molecule has 2 aromatic rings. The number of benzene rings is 1. The van der Waals surface area contributed by atoms with Gasteiger partial charge in [-0.15, -0.1) is 0 Å². The van der Waals surface area contributed by atoms with E-state index in [2.05, 4.69) is 27.0 Å². The number of pyridine rings is 1. The molecule has 4 rings (SSSR count). The van der Waals surface area contributed by atoms with Gasteiger partial charge < -0.3 is 19.7 Å². The summed E-state index contributed by atoms with van der Waals surface area (Å²) < 4.78 is 24.3. The topological polar surface area (TPSA) is 62.2 Å². The molecule has 0 spiro atoms. The fraction of sp³-hybridized carbons (Fsp3) is 0.478. The average molecular weight is 428 g/mol. The predicted octanol–water partition coefficient (Wildman–Crippen LogP) is 2.89. The quantitative estimate of drug-likeness (QED) is 0.565. The minimum Gasteiger partial charge on any atom is -0.439 e. The van der Waals surface area contributed by atoms with Crippen molar-refractivity contribution in [3.63, 3.8) is 0 Å². The van der Waals surface area contributed by atoms with Crippen molar-refractivity contribution < 1.29 is 13.9 Å². The van der Waals surface area contributed by atoms with E-state index in [1.165, 1.54) is 12.1 Å². The number of nitrogens with zero attached hydrogens (tertiary/aromatic N) is 4. The highest BCUT2D eigenvalue weighted by Gasteiger charge is 2.30. The molecule has 8 heteroatoms. The number of guanidine groups is 1. The molecule has 1 unspecified atom stereocenters. The molecule has 0 aliphatic carbocycles. The molecule has 0 amide bonds. The van der Waals surface area contributed by atoms with Gasteiger partial charge in [0.1, 0.15) is 11.6 Å². The molecule has 1 atom stereocenters. The smallest absolute Gasteiger partial charge is 0.219 e. The lowest BCUT2D eigenvalue weighted by Gasteiger charge is -2.32. The monoisotopic (exact) mass is 427 g/mol. The summed E-state index contributed by atoms with van der Waals surface area (Å²) in [6.07, 6.45) is 2.86. The minimum absolute atomic E-state index is 0.294. The molecular weight excluding hydrogens is 397 g/mol. The van der Waals surface area contributed by atoms with Gasteiger partial charge in [0.2, 0.25) is 5.88 Å². The molecule has 0 bridgehead atoms. The van der Waals surface area contributed by atoms with Gasteiger partial charge in [-0.1, -0.05) is 0 Å². The van der Waals surface area contributed by atoms with E-state index in [1.807, 2.05) is 12.1 Å². The lowest BCUT2D eigenvalue weighted by molar-refractivity contribution is 0.0195. The van der Waals surface area contributed by atoms with Crippen molar-refractivity contribution in [3.05, 3.63) is 54.0 Å². The Kier molecular flexibility index (Phi) is 7.32. The van der Waals surface area contributed by atoms with Gasteiger partial charge >= 0.3 is 0 Å². The summed E-state index contributed by atoms with van der Waals surface area (Å²) in [4.78, 5) is 14.0. The van der Waals surface area contributed by atoms with E-state index in [4.69, 9.17) is 14.5 Å². The highest BCUT2D eigenvalue weighted by molar-refractivity contribution is 5.80. The maximum atomic E-state index is 13.1. The second kappa shape index (κ2) is 10.5. The van der Waals surface area contributed by atoms with E-state index in [9.17, 15) is 4.39 Å². The van der Waals surface area contributed by atoms with Crippen LogP contribution >= 0.6 is 0 Å². The van der Waals surface area contributed by atoms with Crippen LogP contribution in [0.2, 0.25) is 0 Å². The summed E-state index contributed by atoms with van der Waals surface area (Å²) >= 11 is 0. The Labute approximate surface area is 182 Å². The van der Waals surface area contributed by atoms with E-state index in [-0.39, 0.29) is 5.82 Å². The van der Waals surface area contributed by atoms with Crippen molar-refractivity contribution in [1.29, 1.82) is 0 Å². The first kappa shape index (κ1) is 21.5. The van der Waals surface area contributed by atoms with Crippen molar-refractivity contribution in [2.24, 2.45) is 4.99 Å². The van der Waals surface area contributed by atoms with E-state index in [1.54, 1.807) is 18.3 Å². The molecule has 2 aliphatic heterocycles. The predicted molar refractivity (Wildman–Crippen MR) is 118 cm³/mol. The number of ether oxygens (including phenoxy) is 2. The molecule has 166 valence electrons. The molecule has 1 N–H and O–H groups in total. The fourth-order valence-electron chi connectivity index (χ4n) is 3.99. The molecule has 1 aromatic heterocycles. The average Bonchev–Trinajstić information content (AvgIpc) is 3.29. The maximum Gasteiger partial charge on any atom is 0.219 e. The first-order valence-electron chi connectivity index (χ1n) is 10.9. The second-order valence-electron chi connectivity index (χ2n) is 7.77. The van der Waals surface area contributed by atoms with Crippen LogP contribution in [0, 0.1) is 5.82 Å². The van der Waals surface area contributed by atoms with Gasteiger partial charge in [0.25, 0.3) is 0 Å². The van der Waals surface area contributed by atoms with Crippen molar-refractivity contribution >= 4 is 5.96 Å². The van der Waals surface area contributed by atoms with E-state index in [0.717, 1.165) is 63.9 Å². The van der Waals surface area contributed by atoms with Crippen LogP contribution in [0.5, 0.6) is 11.6 Å². The third kappa shape index (κ3) is 5.92. The summed E-state index contributed by atoms with van der Waals surface area (Å²) in [5, 5.41) is 3.43. The van der Waals surface area contributed by atoms with Crippen LogP contribution in [-0.2, 0) is 11.3 Å². The maximum absolute atomic E-state index is 13.1. The zero-order chi connectivity index (χ0) is 21.5. The number of morpholine rings is 1. The first-order chi connectivity index (χ1) is 15.2. The Morgan fingerprint density at radius 3 is 2.81 bits per heavy atom. The molecule has 0 saturated carbocycles. The fourth-order valence-corrected chi connectivity index (χ4v) is 3.99. The number of rotatable bonds is 6. The Balaban J connectivity index is 1.38. The van der Waals surface area contributed by atoms with Crippen LogP contribution in [0.1, 0.15) is 18.9 Å². The third-order valence-corrected chi connectivity index (χ3v) is 5.61. The summed E-state index contributed by atoms with van der Waals surface area (Å²) in [6.45, 7) is 9.12. The zero-order valence-corrected chi connectivity index (χ0v) is 18.0. The van der Waals surface area contributed by atoms with Crippen LogP contribution in [0.3, 0.4) is 0 Å². The van der Waals surface area contributed by atoms with Gasteiger partial charge in [-0.25, -0.2) is 14.4 Å². The van der Waals surface area contributed by atoms with Crippen LogP contribution < -0.4 is 10.1 Å². The highest BCUT2D eigenvalue weighted by Crippen LogP contribution is 2.21. The lowest BCUT2D eigenvalue weighted by Crippen LogP contribution is -2.46. The summed E-state index contributed by atoms with van der Waals surface area (Å²) in [6, 6.07) is 10.3. The molecule has 7 nitrogen and oxygen atoms in total. The van der Waals surface area contributed by atoms with E-state index in [0.29, 0.717) is 24.2 Å². The van der Waals surface area contributed by atoms with Crippen LogP contribution in [0.15, 0.2) is 47.6 Å². The zero-order valence-electron chi connectivity index (χ0n) is 18.0.